The second-order valence-corrected chi connectivity index (χ2v) is 5.98. The van der Waals surface area contributed by atoms with Gasteiger partial charge in [-0.3, -0.25) is 25.4 Å². The molecule has 0 aliphatic carbocycles. The number of fused-ring (bicyclic) bond motifs is 1. The molecule has 3 rings (SSSR count). The van der Waals surface area contributed by atoms with E-state index in [4.69, 9.17) is 9.15 Å². The number of para-hydroxylation sites is 1. The zero-order valence-corrected chi connectivity index (χ0v) is 15.4. The maximum Gasteiger partial charge on any atom is 0.339 e. The summed E-state index contributed by atoms with van der Waals surface area (Å²) in [6.45, 7) is 3.21. The van der Waals surface area contributed by atoms with Crippen molar-refractivity contribution in [2.45, 2.75) is 20.3 Å². The van der Waals surface area contributed by atoms with Gasteiger partial charge >= 0.3 is 11.9 Å². The van der Waals surface area contributed by atoms with E-state index in [2.05, 4.69) is 15.8 Å². The van der Waals surface area contributed by atoms with E-state index in [0.29, 0.717) is 22.9 Å². The number of pyridine rings is 1. The molecule has 2 amide bonds. The minimum absolute atomic E-state index is 0.0447. The van der Waals surface area contributed by atoms with Crippen LogP contribution in [0.2, 0.25) is 0 Å². The highest BCUT2D eigenvalue weighted by Crippen LogP contribution is 2.24. The number of carbonyl (C=O) groups is 3. The standard InChI is InChI=1S/C20H19N3O5/c1-3-14-12(2)18(13-7-4-5-8-15(13)21-14)20(26)28-11-17(24)22-23-19(25)16-9-6-10-27-16/h4-10H,3,11H2,1-2H3,(H,22,24)(H,23,25). The monoisotopic (exact) mass is 381 g/mol. The normalized spacial score (nSPS) is 10.5. The minimum Gasteiger partial charge on any atom is -0.459 e. The van der Waals surface area contributed by atoms with Crippen molar-refractivity contribution in [1.29, 1.82) is 0 Å². The van der Waals surface area contributed by atoms with Gasteiger partial charge < -0.3 is 9.15 Å². The number of hydrogen-bond acceptors (Lipinski definition) is 6. The number of nitrogens with zero attached hydrogens (tertiary/aromatic N) is 1. The van der Waals surface area contributed by atoms with Gasteiger partial charge in [-0.2, -0.15) is 0 Å². The van der Waals surface area contributed by atoms with Crippen LogP contribution in [0.4, 0.5) is 0 Å². The Hall–Kier alpha value is -3.68. The number of rotatable bonds is 5. The van der Waals surface area contributed by atoms with Crippen LogP contribution in [0.1, 0.15) is 39.1 Å². The first-order chi connectivity index (χ1) is 13.5. The van der Waals surface area contributed by atoms with Gasteiger partial charge in [0.1, 0.15) is 0 Å². The fourth-order valence-corrected chi connectivity index (χ4v) is 2.80. The van der Waals surface area contributed by atoms with Crippen LogP contribution >= 0.6 is 0 Å². The summed E-state index contributed by atoms with van der Waals surface area (Å²) in [5.74, 6) is -1.88. The number of esters is 1. The van der Waals surface area contributed by atoms with Crippen molar-refractivity contribution in [3.05, 3.63) is 65.2 Å². The number of carbonyl (C=O) groups excluding carboxylic acids is 3. The maximum absolute atomic E-state index is 12.6. The van der Waals surface area contributed by atoms with E-state index in [1.165, 1.54) is 12.3 Å². The third-order valence-corrected chi connectivity index (χ3v) is 4.17. The molecule has 1 aromatic carbocycles. The van der Waals surface area contributed by atoms with Gasteiger partial charge in [0.2, 0.25) is 0 Å². The number of ether oxygens (including phenoxy) is 1. The smallest absolute Gasteiger partial charge is 0.339 e. The Morgan fingerprint density at radius 1 is 1.11 bits per heavy atom. The van der Waals surface area contributed by atoms with E-state index in [1.54, 1.807) is 19.1 Å². The molecule has 0 bridgehead atoms. The van der Waals surface area contributed by atoms with Crippen molar-refractivity contribution in [2.24, 2.45) is 0 Å². The van der Waals surface area contributed by atoms with Gasteiger partial charge in [0.15, 0.2) is 12.4 Å². The number of aromatic nitrogens is 1. The van der Waals surface area contributed by atoms with Crippen LogP contribution in [0.15, 0.2) is 47.1 Å². The van der Waals surface area contributed by atoms with Crippen LogP contribution in [-0.2, 0) is 16.0 Å². The Morgan fingerprint density at radius 3 is 2.61 bits per heavy atom. The van der Waals surface area contributed by atoms with Crippen molar-refractivity contribution in [3.8, 4) is 0 Å². The maximum atomic E-state index is 12.6. The van der Waals surface area contributed by atoms with Gasteiger partial charge in [0, 0.05) is 11.1 Å². The van der Waals surface area contributed by atoms with Gasteiger partial charge in [-0.1, -0.05) is 25.1 Å². The number of amides is 2. The lowest BCUT2D eigenvalue weighted by Gasteiger charge is -2.13. The third kappa shape index (κ3) is 4.01. The summed E-state index contributed by atoms with van der Waals surface area (Å²) in [4.78, 5) is 40.8. The summed E-state index contributed by atoms with van der Waals surface area (Å²) in [6.07, 6.45) is 2.00. The highest BCUT2D eigenvalue weighted by molar-refractivity contribution is 6.05. The average molecular weight is 381 g/mol. The highest BCUT2D eigenvalue weighted by Gasteiger charge is 2.19. The summed E-state index contributed by atoms with van der Waals surface area (Å²) >= 11 is 0. The summed E-state index contributed by atoms with van der Waals surface area (Å²) in [7, 11) is 0. The molecule has 3 aromatic rings. The third-order valence-electron chi connectivity index (χ3n) is 4.17. The summed E-state index contributed by atoms with van der Waals surface area (Å²) in [6, 6.07) is 10.3. The molecule has 0 spiro atoms. The SMILES string of the molecule is CCc1nc2ccccc2c(C(=O)OCC(=O)NNC(=O)c2ccco2)c1C. The van der Waals surface area contributed by atoms with E-state index in [-0.39, 0.29) is 5.76 Å². The molecule has 2 aromatic heterocycles. The fraction of sp³-hybridized carbons (Fsp3) is 0.200. The predicted molar refractivity (Wildman–Crippen MR) is 100 cm³/mol. The quantitative estimate of drug-likeness (QED) is 0.518. The zero-order valence-electron chi connectivity index (χ0n) is 15.4. The number of furan rings is 1. The number of benzene rings is 1. The molecule has 0 aliphatic heterocycles. The molecule has 0 saturated heterocycles. The Bertz CT molecular complexity index is 1030. The van der Waals surface area contributed by atoms with Gasteiger partial charge in [0.25, 0.3) is 5.91 Å². The number of hydrazine groups is 1. The van der Waals surface area contributed by atoms with Crippen LogP contribution in [-0.4, -0.2) is 29.4 Å². The Labute approximate surface area is 160 Å². The summed E-state index contributed by atoms with van der Waals surface area (Å²) < 4.78 is 10.1. The van der Waals surface area contributed by atoms with Crippen molar-refractivity contribution in [2.75, 3.05) is 6.61 Å². The molecule has 0 radical (unpaired) electrons. The van der Waals surface area contributed by atoms with E-state index in [0.717, 1.165) is 11.3 Å². The van der Waals surface area contributed by atoms with Crippen molar-refractivity contribution in [1.82, 2.24) is 15.8 Å². The molecule has 0 fully saturated rings. The molecule has 2 N–H and O–H groups in total. The fourth-order valence-electron chi connectivity index (χ4n) is 2.80. The molecule has 2 heterocycles. The van der Waals surface area contributed by atoms with E-state index >= 15 is 0 Å². The van der Waals surface area contributed by atoms with Gasteiger partial charge in [0.05, 0.1) is 17.3 Å². The molecule has 0 unspecified atom stereocenters. The largest absolute Gasteiger partial charge is 0.459 e. The van der Waals surface area contributed by atoms with Crippen LogP contribution in [0.3, 0.4) is 0 Å². The van der Waals surface area contributed by atoms with Gasteiger partial charge in [-0.25, -0.2) is 4.79 Å². The lowest BCUT2D eigenvalue weighted by molar-refractivity contribution is -0.125. The Morgan fingerprint density at radius 2 is 1.89 bits per heavy atom. The van der Waals surface area contributed by atoms with E-state index in [9.17, 15) is 14.4 Å². The molecular formula is C20H19N3O5. The predicted octanol–water partition coefficient (Wildman–Crippen LogP) is 2.32. The molecule has 0 atom stereocenters. The van der Waals surface area contributed by atoms with Crippen LogP contribution in [0.5, 0.6) is 0 Å². The molecule has 144 valence electrons. The Kier molecular flexibility index (Phi) is 5.69. The first-order valence-corrected chi connectivity index (χ1v) is 8.69. The van der Waals surface area contributed by atoms with Crippen molar-refractivity contribution in [3.63, 3.8) is 0 Å². The molecule has 28 heavy (non-hydrogen) atoms. The minimum atomic E-state index is -0.681. The number of aryl methyl sites for hydroxylation is 1. The molecule has 0 saturated carbocycles. The average Bonchev–Trinajstić information content (AvgIpc) is 3.24. The Balaban J connectivity index is 1.67. The van der Waals surface area contributed by atoms with Crippen LogP contribution in [0.25, 0.3) is 10.9 Å². The summed E-state index contributed by atoms with van der Waals surface area (Å²) in [5.41, 5.74) is 6.92. The lowest BCUT2D eigenvalue weighted by atomic mass is 10.0. The van der Waals surface area contributed by atoms with Gasteiger partial charge in [-0.05, 0) is 37.1 Å². The van der Waals surface area contributed by atoms with E-state index in [1.807, 2.05) is 25.1 Å². The van der Waals surface area contributed by atoms with Crippen LogP contribution in [0, 0.1) is 6.92 Å². The molecule has 8 nitrogen and oxygen atoms in total. The second kappa shape index (κ2) is 8.34. The number of hydrogen-bond donors (Lipinski definition) is 2. The molecule has 8 heteroatoms. The molecular weight excluding hydrogens is 362 g/mol. The lowest BCUT2D eigenvalue weighted by Crippen LogP contribution is -2.43. The first kappa shape index (κ1) is 19.1. The molecule has 0 aliphatic rings. The van der Waals surface area contributed by atoms with Gasteiger partial charge in [-0.15, -0.1) is 0 Å². The first-order valence-electron chi connectivity index (χ1n) is 8.69. The zero-order chi connectivity index (χ0) is 20.1. The van der Waals surface area contributed by atoms with Crippen molar-refractivity contribution < 1.29 is 23.5 Å². The van der Waals surface area contributed by atoms with Crippen LogP contribution < -0.4 is 10.9 Å². The highest BCUT2D eigenvalue weighted by atomic mass is 16.5. The summed E-state index contributed by atoms with van der Waals surface area (Å²) in [5, 5.41) is 0.661. The number of nitrogens with one attached hydrogen (secondary N) is 2. The van der Waals surface area contributed by atoms with E-state index < -0.39 is 24.4 Å². The second-order valence-electron chi connectivity index (χ2n) is 5.98. The van der Waals surface area contributed by atoms with Crippen molar-refractivity contribution >= 4 is 28.7 Å². The topological polar surface area (TPSA) is 111 Å².